The van der Waals surface area contributed by atoms with E-state index < -0.39 is 10.8 Å². The summed E-state index contributed by atoms with van der Waals surface area (Å²) in [5, 5.41) is 22.8. The van der Waals surface area contributed by atoms with Crippen molar-refractivity contribution in [2.24, 2.45) is 52.3 Å². The van der Waals surface area contributed by atoms with Gasteiger partial charge < -0.3 is 61.5 Å². The number of amides is 8. The van der Waals surface area contributed by atoms with Crippen LogP contribution in [0.2, 0.25) is 0 Å². The van der Waals surface area contributed by atoms with Gasteiger partial charge in [-0.15, -0.1) is 0 Å². The van der Waals surface area contributed by atoms with Crippen LogP contribution >= 0.6 is 0 Å². The van der Waals surface area contributed by atoms with Crippen molar-refractivity contribution in [1.29, 1.82) is 0 Å². The molecule has 8 amide bonds. The van der Waals surface area contributed by atoms with E-state index in [-0.39, 0.29) is 92.3 Å². The molecule has 2 atom stereocenters. The largest absolute Gasteiger partial charge is 0.464 e. The minimum Gasteiger partial charge on any atom is -0.464 e. The van der Waals surface area contributed by atoms with Gasteiger partial charge in [-0.2, -0.15) is 0 Å². The fraction of sp³-hybridized carbons (Fsp3) is 0.877. The SMILES string of the molecule is CCC(C)(C)C(=O)OCCNC(=O)NC1CCC(C(C)C)CC1.CCC(C)(C)C(=O)OCCNC(=O)NC1CCCCC1.CCC(C)C(=O)OCCNC(=O)NC1CCCCC1.CCC(C)C(=O)OCCNC(=O)NCC1CCC(C(C)C)CC1. The highest BCUT2D eigenvalue weighted by molar-refractivity contribution is 5.77. The molecule has 8 N–H and O–H groups in total. The molecular weight excluding hydrogens is 1080 g/mol. The summed E-state index contributed by atoms with van der Waals surface area (Å²) in [4.78, 5) is 93.2. The summed E-state index contributed by atoms with van der Waals surface area (Å²) in [5.41, 5.74) is -0.915. The van der Waals surface area contributed by atoms with Crippen LogP contribution in [-0.4, -0.2) is 125 Å². The molecule has 4 aliphatic carbocycles. The van der Waals surface area contributed by atoms with Gasteiger partial charge in [-0.3, -0.25) is 19.2 Å². The molecule has 0 radical (unpaired) electrons. The molecule has 2 unspecified atom stereocenters. The molecular formula is C65H122N8O12. The van der Waals surface area contributed by atoms with Crippen LogP contribution in [0.1, 0.15) is 238 Å². The van der Waals surface area contributed by atoms with Crippen molar-refractivity contribution in [3.8, 4) is 0 Å². The molecule has 0 bridgehead atoms. The molecule has 0 aromatic heterocycles. The Bertz CT molecular complexity index is 1890. The lowest BCUT2D eigenvalue weighted by Gasteiger charge is -2.31. The summed E-state index contributed by atoms with van der Waals surface area (Å²) < 4.78 is 20.5. The number of nitrogens with one attached hydrogen (secondary N) is 8. The molecule has 4 saturated carbocycles. The third-order valence-corrected chi connectivity index (χ3v) is 17.7. The van der Waals surface area contributed by atoms with Crippen LogP contribution in [0.25, 0.3) is 0 Å². The third-order valence-electron chi connectivity index (χ3n) is 17.7. The number of ether oxygens (including phenoxy) is 4. The minimum atomic E-state index is -0.461. The Balaban J connectivity index is 0.000000568. The van der Waals surface area contributed by atoms with Crippen LogP contribution in [0.5, 0.6) is 0 Å². The van der Waals surface area contributed by atoms with Crippen molar-refractivity contribution >= 4 is 48.0 Å². The van der Waals surface area contributed by atoms with Crippen molar-refractivity contribution < 1.29 is 57.3 Å². The number of urea groups is 4. The quantitative estimate of drug-likeness (QED) is 0.0217. The Labute approximate surface area is 513 Å². The zero-order chi connectivity index (χ0) is 63.8. The number of carbonyl (C=O) groups is 8. The number of esters is 4. The van der Waals surface area contributed by atoms with Gasteiger partial charge in [0.1, 0.15) is 26.4 Å². The lowest BCUT2D eigenvalue weighted by atomic mass is 9.77. The van der Waals surface area contributed by atoms with Crippen LogP contribution < -0.4 is 42.5 Å². The molecule has 0 heterocycles. The van der Waals surface area contributed by atoms with Gasteiger partial charge in [0, 0.05) is 24.7 Å². The molecule has 20 heteroatoms. The summed E-state index contributed by atoms with van der Waals surface area (Å²) >= 11 is 0. The van der Waals surface area contributed by atoms with Gasteiger partial charge in [-0.25, -0.2) is 19.2 Å². The molecule has 4 aliphatic rings. The lowest BCUT2D eigenvalue weighted by Crippen LogP contribution is -2.45. The molecule has 85 heavy (non-hydrogen) atoms. The molecule has 494 valence electrons. The molecule has 0 aliphatic heterocycles. The Kier molecular flexibility index (Phi) is 40.7. The highest BCUT2D eigenvalue weighted by Gasteiger charge is 2.29. The van der Waals surface area contributed by atoms with Crippen LogP contribution in [-0.2, 0) is 38.1 Å². The predicted molar refractivity (Wildman–Crippen MR) is 337 cm³/mol. The van der Waals surface area contributed by atoms with E-state index in [9.17, 15) is 38.4 Å². The zero-order valence-electron chi connectivity index (χ0n) is 55.6. The van der Waals surface area contributed by atoms with Crippen molar-refractivity contribution in [1.82, 2.24) is 42.5 Å². The number of hydrogen-bond acceptors (Lipinski definition) is 12. The topological polar surface area (TPSA) is 270 Å². The second-order valence-corrected chi connectivity index (χ2v) is 26.1. The first-order valence-corrected chi connectivity index (χ1v) is 33.1. The van der Waals surface area contributed by atoms with Crippen molar-refractivity contribution in [2.75, 3.05) is 59.2 Å². The summed E-state index contributed by atoms with van der Waals surface area (Å²) in [5.74, 6) is 2.76. The number of hydrogen-bond donors (Lipinski definition) is 8. The van der Waals surface area contributed by atoms with E-state index in [1.807, 2.05) is 69.2 Å². The first kappa shape index (κ1) is 78.0. The Hall–Kier alpha value is -5.04. The fourth-order valence-corrected chi connectivity index (χ4v) is 10.0. The van der Waals surface area contributed by atoms with Crippen molar-refractivity contribution in [3.05, 3.63) is 0 Å². The second kappa shape index (κ2) is 44.4. The highest BCUT2D eigenvalue weighted by atomic mass is 16.5. The smallest absolute Gasteiger partial charge is 0.315 e. The Morgan fingerprint density at radius 2 is 0.694 bits per heavy atom. The van der Waals surface area contributed by atoms with E-state index in [1.54, 1.807) is 0 Å². The highest BCUT2D eigenvalue weighted by Crippen LogP contribution is 2.33. The molecule has 4 rings (SSSR count). The average molecular weight is 1210 g/mol. The van der Waals surface area contributed by atoms with Gasteiger partial charge in [0.25, 0.3) is 0 Å². The Morgan fingerprint density at radius 3 is 1.01 bits per heavy atom. The Morgan fingerprint density at radius 1 is 0.388 bits per heavy atom. The number of rotatable bonds is 27. The van der Waals surface area contributed by atoms with E-state index in [1.165, 1.54) is 77.0 Å². The van der Waals surface area contributed by atoms with Crippen molar-refractivity contribution in [3.63, 3.8) is 0 Å². The molecule has 0 spiro atoms. The summed E-state index contributed by atoms with van der Waals surface area (Å²) in [6.45, 7) is 31.1. The van der Waals surface area contributed by atoms with Crippen LogP contribution in [0, 0.1) is 52.3 Å². The van der Waals surface area contributed by atoms with Gasteiger partial charge in [-0.1, -0.05) is 108 Å². The van der Waals surface area contributed by atoms with E-state index in [4.69, 9.17) is 18.9 Å². The summed E-state index contributed by atoms with van der Waals surface area (Å²) in [7, 11) is 0. The maximum atomic E-state index is 11.9. The van der Waals surface area contributed by atoms with Crippen LogP contribution in [0.3, 0.4) is 0 Å². The van der Waals surface area contributed by atoms with Gasteiger partial charge >= 0.3 is 48.0 Å². The molecule has 0 saturated heterocycles. The molecule has 0 aromatic rings. The first-order valence-electron chi connectivity index (χ1n) is 33.1. The van der Waals surface area contributed by atoms with Crippen LogP contribution in [0.15, 0.2) is 0 Å². The van der Waals surface area contributed by atoms with Crippen LogP contribution in [0.4, 0.5) is 19.2 Å². The number of carbonyl (C=O) groups excluding carboxylic acids is 8. The molecule has 0 aromatic carbocycles. The van der Waals surface area contributed by atoms with Gasteiger partial charge in [0.2, 0.25) is 0 Å². The van der Waals surface area contributed by atoms with E-state index >= 15 is 0 Å². The van der Waals surface area contributed by atoms with E-state index in [0.29, 0.717) is 44.2 Å². The molecule has 4 fully saturated rings. The minimum absolute atomic E-state index is 0.0731. The maximum absolute atomic E-state index is 11.9. The molecule has 20 nitrogen and oxygen atoms in total. The summed E-state index contributed by atoms with van der Waals surface area (Å²) in [6, 6.07) is 0.210. The van der Waals surface area contributed by atoms with Gasteiger partial charge in [0.05, 0.1) is 48.8 Å². The van der Waals surface area contributed by atoms with Crippen molar-refractivity contribution in [2.45, 2.75) is 256 Å². The second-order valence-electron chi connectivity index (χ2n) is 26.1. The first-order chi connectivity index (χ1) is 40.3. The zero-order valence-corrected chi connectivity index (χ0v) is 55.6. The average Bonchev–Trinajstić information content (AvgIpc) is 3.62. The van der Waals surface area contributed by atoms with E-state index in [0.717, 1.165) is 94.4 Å². The third kappa shape index (κ3) is 36.0. The summed E-state index contributed by atoms with van der Waals surface area (Å²) in [6.07, 6.45) is 24.0. The maximum Gasteiger partial charge on any atom is 0.315 e. The lowest BCUT2D eigenvalue weighted by molar-refractivity contribution is -0.154. The standard InChI is InChI=1S/2C18H34N2O3.C15H28N2O3.C14H26N2O3/c1-6-18(4,5)16(21)23-12-11-19-17(22)20-15-9-7-14(8-10-15)13(2)3;1-5-14(4)17(21)23-11-10-19-18(22)20-12-15-6-8-16(9-7-15)13(2)3;1-4-15(2,3)13(18)20-11-10-16-14(19)17-12-8-6-5-7-9-12;1-3-11(2)13(17)19-10-9-15-14(18)16-12-7-5-4-6-8-12/h13-15H,6-12H2,1-5H3,(H2,19,20,22);13-16H,5-12H2,1-4H3,(H2,19,20,22);12H,4-11H2,1-3H3,(H2,16,17,19);11-12H,3-10H2,1-2H3,(H2,15,16,18). The van der Waals surface area contributed by atoms with Gasteiger partial charge in [-0.05, 0) is 160 Å². The fourth-order valence-electron chi connectivity index (χ4n) is 10.0. The van der Waals surface area contributed by atoms with Gasteiger partial charge in [0.15, 0.2) is 0 Å². The van der Waals surface area contributed by atoms with E-state index in [2.05, 4.69) is 70.2 Å². The normalized spacial score (nSPS) is 19.8. The monoisotopic (exact) mass is 1210 g/mol. The predicted octanol–water partition coefficient (Wildman–Crippen LogP) is 11.6.